The maximum atomic E-state index is 11.6. The van der Waals surface area contributed by atoms with Crippen molar-refractivity contribution in [3.63, 3.8) is 0 Å². The van der Waals surface area contributed by atoms with Gasteiger partial charge in [-0.05, 0) is 25.3 Å². The molecule has 2 aromatic heterocycles. The summed E-state index contributed by atoms with van der Waals surface area (Å²) in [5.41, 5.74) is 2.03. The molecular weight excluding hydrogens is 360 g/mol. The Morgan fingerprint density at radius 3 is 2.75 bits per heavy atom. The van der Waals surface area contributed by atoms with Gasteiger partial charge in [-0.15, -0.1) is 0 Å². The van der Waals surface area contributed by atoms with E-state index in [2.05, 4.69) is 32.1 Å². The minimum absolute atomic E-state index is 0.303. The predicted octanol–water partition coefficient (Wildman–Crippen LogP) is 2.70. The molecule has 1 saturated carbocycles. The van der Waals surface area contributed by atoms with Gasteiger partial charge >= 0.3 is 12.1 Å². The molecule has 1 aliphatic heterocycles. The number of carbonyl (C=O) groups is 1. The van der Waals surface area contributed by atoms with Gasteiger partial charge in [-0.25, -0.2) is 4.79 Å². The van der Waals surface area contributed by atoms with Crippen LogP contribution in [0.15, 0.2) is 28.9 Å². The minimum atomic E-state index is -0.303. The molecule has 1 aromatic carbocycles. The van der Waals surface area contributed by atoms with Crippen LogP contribution in [0, 0.1) is 0 Å². The molecule has 1 saturated heterocycles. The van der Waals surface area contributed by atoms with Gasteiger partial charge in [0.1, 0.15) is 0 Å². The van der Waals surface area contributed by atoms with Crippen LogP contribution in [0.4, 0.5) is 10.8 Å². The third kappa shape index (κ3) is 2.87. The summed E-state index contributed by atoms with van der Waals surface area (Å²) < 4.78 is 12.4. The van der Waals surface area contributed by atoms with Crippen molar-refractivity contribution in [2.24, 2.45) is 0 Å². The molecule has 0 N–H and O–H groups in total. The number of rotatable bonds is 3. The molecule has 2 fully saturated rings. The average molecular weight is 382 g/mol. The number of ether oxygens (including phenoxy) is 1. The lowest BCUT2D eigenvalue weighted by Gasteiger charge is -2.32. The Kier molecular flexibility index (Phi) is 4.14. The van der Waals surface area contributed by atoms with Crippen LogP contribution in [-0.4, -0.2) is 64.2 Å². The number of carbonyl (C=O) groups excluding carboxylic acids is 1. The number of methoxy groups -OCH3 is 1. The summed E-state index contributed by atoms with van der Waals surface area (Å²) in [5, 5.41) is 9.85. The number of anilines is 1. The molecule has 0 spiro atoms. The molecule has 146 valence electrons. The maximum Gasteiger partial charge on any atom is 0.409 e. The fourth-order valence-corrected chi connectivity index (χ4v) is 3.77. The lowest BCUT2D eigenvalue weighted by molar-refractivity contribution is 0.120. The highest BCUT2D eigenvalue weighted by molar-refractivity contribution is 5.83. The van der Waals surface area contributed by atoms with Crippen LogP contribution in [0.3, 0.4) is 0 Å². The zero-order valence-electron chi connectivity index (χ0n) is 15.7. The van der Waals surface area contributed by atoms with E-state index in [0.717, 1.165) is 16.5 Å². The van der Waals surface area contributed by atoms with Crippen molar-refractivity contribution in [1.29, 1.82) is 0 Å². The van der Waals surface area contributed by atoms with Crippen molar-refractivity contribution < 1.29 is 14.1 Å². The zero-order valence-corrected chi connectivity index (χ0v) is 15.7. The van der Waals surface area contributed by atoms with Gasteiger partial charge < -0.3 is 19.1 Å². The second-order valence-corrected chi connectivity index (χ2v) is 7.29. The number of amides is 1. The second kappa shape index (κ2) is 6.81. The first kappa shape index (κ1) is 17.0. The van der Waals surface area contributed by atoms with Gasteiger partial charge in [-0.1, -0.05) is 17.3 Å². The molecule has 9 nitrogen and oxygen atoms in total. The lowest BCUT2D eigenvalue weighted by atomic mass is 9.93. The van der Waals surface area contributed by atoms with Crippen LogP contribution in [0.1, 0.15) is 25.3 Å². The smallest absolute Gasteiger partial charge is 0.409 e. The molecule has 0 unspecified atom stereocenters. The molecule has 3 heterocycles. The highest BCUT2D eigenvalue weighted by atomic mass is 16.5. The van der Waals surface area contributed by atoms with Crippen molar-refractivity contribution >= 4 is 23.0 Å². The number of piperazine rings is 1. The van der Waals surface area contributed by atoms with Gasteiger partial charge in [-0.2, -0.15) is 10.1 Å². The topological polar surface area (TPSA) is 89.5 Å². The quantitative estimate of drug-likeness (QED) is 0.688. The molecule has 0 atom stereocenters. The van der Waals surface area contributed by atoms with E-state index in [-0.39, 0.29) is 6.09 Å². The molecule has 5 rings (SSSR count). The highest BCUT2D eigenvalue weighted by Crippen LogP contribution is 2.34. The van der Waals surface area contributed by atoms with E-state index < -0.39 is 0 Å². The van der Waals surface area contributed by atoms with Crippen LogP contribution >= 0.6 is 0 Å². The third-order valence-corrected chi connectivity index (χ3v) is 5.68. The van der Waals surface area contributed by atoms with Gasteiger partial charge in [0.25, 0.3) is 0 Å². The van der Waals surface area contributed by atoms with Gasteiger partial charge in [0, 0.05) is 37.1 Å². The fraction of sp³-hybridized carbons (Fsp3) is 0.474. The number of hydrogen-bond donors (Lipinski definition) is 0. The van der Waals surface area contributed by atoms with E-state index in [9.17, 15) is 4.79 Å². The lowest BCUT2D eigenvalue weighted by Crippen LogP contribution is -2.48. The molecule has 3 aromatic rings. The summed E-state index contributed by atoms with van der Waals surface area (Å²) in [6.07, 6.45) is 5.25. The van der Waals surface area contributed by atoms with Crippen molar-refractivity contribution in [1.82, 2.24) is 24.8 Å². The van der Waals surface area contributed by atoms with Gasteiger partial charge in [0.05, 0.1) is 24.9 Å². The second-order valence-electron chi connectivity index (χ2n) is 7.29. The molecule has 1 aliphatic carbocycles. The van der Waals surface area contributed by atoms with Crippen LogP contribution in [0.25, 0.3) is 22.3 Å². The van der Waals surface area contributed by atoms with Gasteiger partial charge in [0.2, 0.25) is 5.82 Å². The molecule has 9 heteroatoms. The summed E-state index contributed by atoms with van der Waals surface area (Å²) in [6, 6.07) is 7.12. The summed E-state index contributed by atoms with van der Waals surface area (Å²) in [7, 11) is 1.40. The van der Waals surface area contributed by atoms with E-state index in [4.69, 9.17) is 9.26 Å². The summed E-state index contributed by atoms with van der Waals surface area (Å²) in [6.45, 7) is 2.39. The van der Waals surface area contributed by atoms with Crippen molar-refractivity contribution in [3.05, 3.63) is 24.4 Å². The van der Waals surface area contributed by atoms with Crippen LogP contribution in [0.5, 0.6) is 0 Å². The molecule has 28 heavy (non-hydrogen) atoms. The Balaban J connectivity index is 1.35. The molecule has 0 radical (unpaired) electrons. The van der Waals surface area contributed by atoms with Gasteiger partial charge in [-0.3, -0.25) is 4.68 Å². The highest BCUT2D eigenvalue weighted by Gasteiger charge is 2.25. The summed E-state index contributed by atoms with van der Waals surface area (Å²) in [4.78, 5) is 19.9. The van der Waals surface area contributed by atoms with E-state index in [1.807, 2.05) is 17.2 Å². The van der Waals surface area contributed by atoms with Gasteiger partial charge in [0.15, 0.2) is 0 Å². The monoisotopic (exact) mass is 382 g/mol. The fourth-order valence-electron chi connectivity index (χ4n) is 3.77. The number of fused-ring (bicyclic) bond motifs is 1. The largest absolute Gasteiger partial charge is 0.453 e. The Hall–Kier alpha value is -3.10. The SMILES string of the molecule is COC(=O)N1CCN(c2nc(-c3ccc4cnn(C5CCC5)c4c3)no2)CC1. The van der Waals surface area contributed by atoms with Crippen LogP contribution in [-0.2, 0) is 4.74 Å². The average Bonchev–Trinajstić information content (AvgIpc) is 3.34. The first-order valence-corrected chi connectivity index (χ1v) is 9.62. The number of hydrogen-bond acceptors (Lipinski definition) is 7. The summed E-state index contributed by atoms with van der Waals surface area (Å²) in [5.74, 6) is 0.564. The normalized spacial score (nSPS) is 17.8. The Bertz CT molecular complexity index is 1000. The van der Waals surface area contributed by atoms with E-state index in [1.54, 1.807) is 4.90 Å². The first-order chi connectivity index (χ1) is 13.7. The molecular formula is C19H22N6O3. The maximum absolute atomic E-state index is 11.6. The standard InChI is InChI=1S/C19H22N6O3/c1-27-19(26)24-9-7-23(8-10-24)18-21-17(22-28-18)13-5-6-14-12-20-25(16(14)11-13)15-3-2-4-15/h5-6,11-12,15H,2-4,7-10H2,1H3. The molecule has 0 bridgehead atoms. The van der Waals surface area contributed by atoms with Crippen LogP contribution in [0.2, 0.25) is 0 Å². The Morgan fingerprint density at radius 1 is 1.21 bits per heavy atom. The molecule has 1 amide bonds. The molecule has 2 aliphatic rings. The number of benzene rings is 1. The van der Waals surface area contributed by atoms with Crippen molar-refractivity contribution in [2.45, 2.75) is 25.3 Å². The Morgan fingerprint density at radius 2 is 2.04 bits per heavy atom. The number of nitrogens with zero attached hydrogens (tertiary/aromatic N) is 6. The predicted molar refractivity (Wildman–Crippen MR) is 102 cm³/mol. The van der Waals surface area contributed by atoms with E-state index in [0.29, 0.717) is 44.1 Å². The van der Waals surface area contributed by atoms with Crippen molar-refractivity contribution in [2.75, 3.05) is 38.2 Å². The Labute approximate surface area is 161 Å². The zero-order chi connectivity index (χ0) is 19.1. The van der Waals surface area contributed by atoms with E-state index in [1.165, 1.54) is 26.4 Å². The van der Waals surface area contributed by atoms with E-state index >= 15 is 0 Å². The number of aromatic nitrogens is 4. The van der Waals surface area contributed by atoms with Crippen molar-refractivity contribution in [3.8, 4) is 11.4 Å². The third-order valence-electron chi connectivity index (χ3n) is 5.68. The first-order valence-electron chi connectivity index (χ1n) is 9.62. The van der Waals surface area contributed by atoms with Crippen LogP contribution < -0.4 is 4.90 Å². The minimum Gasteiger partial charge on any atom is -0.453 e. The summed E-state index contributed by atoms with van der Waals surface area (Å²) >= 11 is 0.